The number of pyridine rings is 1. The van der Waals surface area contributed by atoms with Gasteiger partial charge in [0.2, 0.25) is 0 Å². The van der Waals surface area contributed by atoms with Gasteiger partial charge in [-0.1, -0.05) is 0 Å². The summed E-state index contributed by atoms with van der Waals surface area (Å²) in [5, 5.41) is 2.65. The molecule has 0 fully saturated rings. The van der Waals surface area contributed by atoms with E-state index in [0.29, 0.717) is 5.56 Å². The van der Waals surface area contributed by atoms with E-state index in [9.17, 15) is 9.70 Å². The minimum atomic E-state index is -0.188. The molecule has 0 saturated carbocycles. The average Bonchev–Trinajstić information content (AvgIpc) is 1.95. The summed E-state index contributed by atoms with van der Waals surface area (Å²) in [5.41, 5.74) is 0.557. The van der Waals surface area contributed by atoms with Gasteiger partial charge >= 0.3 is 0 Å². The van der Waals surface area contributed by atoms with Gasteiger partial charge < -0.3 is 4.98 Å². The molecule has 0 aliphatic carbocycles. The first-order valence-electron chi connectivity index (χ1n) is 2.77. The molecule has 0 aliphatic heterocycles. The summed E-state index contributed by atoms with van der Waals surface area (Å²) in [5.74, 6) is 0. The van der Waals surface area contributed by atoms with Crippen LogP contribution in [-0.4, -0.2) is 4.98 Å². The quantitative estimate of drug-likeness (QED) is 0.590. The second kappa shape index (κ2) is 2.43. The molecule has 0 aromatic carbocycles. The second-order valence-electron chi connectivity index (χ2n) is 1.96. The zero-order valence-electron chi connectivity index (χ0n) is 5.42. The van der Waals surface area contributed by atoms with E-state index in [4.69, 9.17) is 0 Å². The molecule has 1 N–H and O–H groups in total. The van der Waals surface area contributed by atoms with Crippen molar-refractivity contribution in [2.75, 3.05) is 0 Å². The predicted octanol–water partition coefficient (Wildman–Crippen LogP) is 1.08. The molecule has 0 radical (unpaired) electrons. The number of aryl methyl sites for hydroxylation is 1. The maximum Gasteiger partial charge on any atom is 0.250 e. The standard InChI is InChI=1S/C6H6N2O2/c1-4-2-5(8-10)3-7-6(4)9/h2-3H,1H3,(H,7,9). The molecule has 0 spiro atoms. The van der Waals surface area contributed by atoms with Crippen LogP contribution in [0.5, 0.6) is 0 Å². The van der Waals surface area contributed by atoms with E-state index < -0.39 is 0 Å². The largest absolute Gasteiger partial charge is 0.327 e. The molecule has 1 heterocycles. The van der Waals surface area contributed by atoms with Crippen LogP contribution in [0.4, 0.5) is 5.69 Å². The maximum atomic E-state index is 10.7. The maximum absolute atomic E-state index is 10.7. The van der Waals surface area contributed by atoms with Crippen molar-refractivity contribution in [1.29, 1.82) is 0 Å². The van der Waals surface area contributed by atoms with E-state index in [2.05, 4.69) is 10.2 Å². The summed E-state index contributed by atoms with van der Waals surface area (Å²) in [7, 11) is 0. The van der Waals surface area contributed by atoms with E-state index in [-0.39, 0.29) is 11.2 Å². The Labute approximate surface area is 56.9 Å². The lowest BCUT2D eigenvalue weighted by molar-refractivity contribution is 1.17. The normalized spacial score (nSPS) is 9.30. The van der Waals surface area contributed by atoms with E-state index in [1.165, 1.54) is 12.3 Å². The van der Waals surface area contributed by atoms with Crippen LogP contribution in [0.25, 0.3) is 0 Å². The Hall–Kier alpha value is -1.45. The number of H-pyrrole nitrogens is 1. The van der Waals surface area contributed by atoms with Gasteiger partial charge in [0.25, 0.3) is 5.56 Å². The fraction of sp³-hybridized carbons (Fsp3) is 0.167. The third kappa shape index (κ3) is 1.10. The van der Waals surface area contributed by atoms with Crippen molar-refractivity contribution in [3.8, 4) is 0 Å². The Morgan fingerprint density at radius 2 is 2.30 bits per heavy atom. The molecule has 1 aromatic rings. The summed E-state index contributed by atoms with van der Waals surface area (Å²) in [6, 6.07) is 1.44. The molecule has 4 heteroatoms. The number of rotatable bonds is 1. The molecule has 0 aliphatic rings. The SMILES string of the molecule is Cc1cc(N=O)c[nH]c1=O. The zero-order chi connectivity index (χ0) is 7.56. The Morgan fingerprint density at radius 3 is 2.80 bits per heavy atom. The molecule has 0 atom stereocenters. The molecule has 0 saturated heterocycles. The van der Waals surface area contributed by atoms with Crippen LogP contribution in [0.3, 0.4) is 0 Å². The van der Waals surface area contributed by atoms with Gasteiger partial charge in [-0.3, -0.25) is 4.79 Å². The minimum Gasteiger partial charge on any atom is -0.327 e. The highest BCUT2D eigenvalue weighted by Crippen LogP contribution is 2.06. The predicted molar refractivity (Wildman–Crippen MR) is 37.3 cm³/mol. The number of nitrogens with zero attached hydrogens (tertiary/aromatic N) is 1. The van der Waals surface area contributed by atoms with Gasteiger partial charge in [0.15, 0.2) is 0 Å². The van der Waals surface area contributed by atoms with Gasteiger partial charge in [-0.2, -0.15) is 0 Å². The van der Waals surface area contributed by atoms with Crippen LogP contribution in [0.15, 0.2) is 22.2 Å². The smallest absolute Gasteiger partial charge is 0.250 e. The van der Waals surface area contributed by atoms with Crippen molar-refractivity contribution in [2.45, 2.75) is 6.92 Å². The first-order chi connectivity index (χ1) is 4.74. The fourth-order valence-corrected chi connectivity index (χ4v) is 0.635. The van der Waals surface area contributed by atoms with Crippen molar-refractivity contribution in [3.63, 3.8) is 0 Å². The van der Waals surface area contributed by atoms with Crippen LogP contribution in [0.2, 0.25) is 0 Å². The Bertz CT molecular complexity index is 303. The highest BCUT2D eigenvalue weighted by molar-refractivity contribution is 5.35. The second-order valence-corrected chi connectivity index (χ2v) is 1.96. The highest BCUT2D eigenvalue weighted by atomic mass is 16.3. The lowest BCUT2D eigenvalue weighted by Crippen LogP contribution is -2.06. The topological polar surface area (TPSA) is 62.3 Å². The van der Waals surface area contributed by atoms with Crippen LogP contribution >= 0.6 is 0 Å². The Kier molecular flexibility index (Phi) is 1.62. The van der Waals surface area contributed by atoms with Gasteiger partial charge in [-0.05, 0) is 18.2 Å². The number of aromatic amines is 1. The minimum absolute atomic E-state index is 0.188. The number of nitroso groups, excluding NO2 is 1. The number of nitrogens with one attached hydrogen (secondary N) is 1. The van der Waals surface area contributed by atoms with E-state index in [0.717, 1.165) is 0 Å². The van der Waals surface area contributed by atoms with Crippen molar-refractivity contribution in [1.82, 2.24) is 4.98 Å². The van der Waals surface area contributed by atoms with Crippen molar-refractivity contribution in [3.05, 3.63) is 33.1 Å². The van der Waals surface area contributed by atoms with Crippen LogP contribution < -0.4 is 5.56 Å². The molecular formula is C6H6N2O2. The molecule has 4 nitrogen and oxygen atoms in total. The van der Waals surface area contributed by atoms with Crippen molar-refractivity contribution in [2.24, 2.45) is 5.18 Å². The highest BCUT2D eigenvalue weighted by Gasteiger charge is 1.94. The Balaban J connectivity index is 3.29. The lowest BCUT2D eigenvalue weighted by atomic mass is 10.3. The Morgan fingerprint density at radius 1 is 1.60 bits per heavy atom. The molecular weight excluding hydrogens is 132 g/mol. The average molecular weight is 138 g/mol. The summed E-state index contributed by atoms with van der Waals surface area (Å²) in [4.78, 5) is 23.0. The molecule has 1 aromatic heterocycles. The summed E-state index contributed by atoms with van der Waals surface area (Å²) in [6.07, 6.45) is 1.28. The van der Waals surface area contributed by atoms with Crippen LogP contribution in [0.1, 0.15) is 5.56 Å². The molecule has 0 unspecified atom stereocenters. The third-order valence-corrected chi connectivity index (χ3v) is 1.18. The van der Waals surface area contributed by atoms with Gasteiger partial charge in [-0.15, -0.1) is 4.91 Å². The summed E-state index contributed by atoms with van der Waals surface area (Å²) < 4.78 is 0. The molecule has 52 valence electrons. The van der Waals surface area contributed by atoms with Crippen molar-refractivity contribution < 1.29 is 0 Å². The van der Waals surface area contributed by atoms with Gasteiger partial charge in [0, 0.05) is 11.8 Å². The molecule has 1 rings (SSSR count). The zero-order valence-corrected chi connectivity index (χ0v) is 5.42. The summed E-state index contributed by atoms with van der Waals surface area (Å²) >= 11 is 0. The first kappa shape index (κ1) is 6.67. The number of hydrogen-bond acceptors (Lipinski definition) is 3. The van der Waals surface area contributed by atoms with Gasteiger partial charge in [-0.25, -0.2) is 0 Å². The molecule has 10 heavy (non-hydrogen) atoms. The first-order valence-corrected chi connectivity index (χ1v) is 2.77. The van der Waals surface area contributed by atoms with E-state index in [1.807, 2.05) is 0 Å². The molecule has 0 bridgehead atoms. The molecule has 0 amide bonds. The summed E-state index contributed by atoms with van der Waals surface area (Å²) in [6.45, 7) is 1.62. The van der Waals surface area contributed by atoms with Crippen molar-refractivity contribution >= 4 is 5.69 Å². The van der Waals surface area contributed by atoms with E-state index >= 15 is 0 Å². The van der Waals surface area contributed by atoms with E-state index in [1.54, 1.807) is 6.92 Å². The number of hydrogen-bond donors (Lipinski definition) is 1. The van der Waals surface area contributed by atoms with Gasteiger partial charge in [0.1, 0.15) is 5.69 Å². The fourth-order valence-electron chi connectivity index (χ4n) is 0.635. The van der Waals surface area contributed by atoms with Gasteiger partial charge in [0.05, 0.1) is 0 Å². The third-order valence-electron chi connectivity index (χ3n) is 1.18. The van der Waals surface area contributed by atoms with Crippen LogP contribution in [-0.2, 0) is 0 Å². The number of aromatic nitrogens is 1. The lowest BCUT2D eigenvalue weighted by Gasteiger charge is -1.89. The van der Waals surface area contributed by atoms with Crippen LogP contribution in [0, 0.1) is 11.8 Å². The monoisotopic (exact) mass is 138 g/mol.